The van der Waals surface area contributed by atoms with Gasteiger partial charge in [-0.15, -0.1) is 22.4 Å². The maximum atomic E-state index is 6.66. The summed E-state index contributed by atoms with van der Waals surface area (Å²) in [6.07, 6.45) is 0.733. The van der Waals surface area contributed by atoms with Gasteiger partial charge in [0.05, 0.1) is 21.4 Å². The lowest BCUT2D eigenvalue weighted by atomic mass is 9.94. The first-order valence-electron chi connectivity index (χ1n) is 11.4. The van der Waals surface area contributed by atoms with Crippen molar-refractivity contribution in [3.8, 4) is 28.7 Å². The van der Waals surface area contributed by atoms with Crippen LogP contribution in [0.25, 0.3) is 21.2 Å². The number of rotatable bonds is 7. The average molecular weight is 498 g/mol. The highest BCUT2D eigenvalue weighted by Gasteiger charge is 2.15. The van der Waals surface area contributed by atoms with E-state index in [0.717, 1.165) is 38.7 Å². The molecule has 5 rings (SSSR count). The zero-order valence-electron chi connectivity index (χ0n) is 19.6. The number of aryl methyl sites for hydroxylation is 1. The highest BCUT2D eigenvalue weighted by Crippen LogP contribution is 2.40. The summed E-state index contributed by atoms with van der Waals surface area (Å²) >= 11 is 8.34. The molecule has 0 amide bonds. The Kier molecular flexibility index (Phi) is 6.94. The molecule has 35 heavy (non-hydrogen) atoms. The summed E-state index contributed by atoms with van der Waals surface area (Å²) in [7, 11) is 0. The van der Waals surface area contributed by atoms with Gasteiger partial charge in [0.15, 0.2) is 0 Å². The van der Waals surface area contributed by atoms with E-state index in [9.17, 15) is 0 Å². The summed E-state index contributed by atoms with van der Waals surface area (Å²) < 4.78 is 7.23. The van der Waals surface area contributed by atoms with E-state index in [2.05, 4.69) is 82.0 Å². The van der Waals surface area contributed by atoms with E-state index >= 15 is 0 Å². The number of hydrogen-bond acceptors (Lipinski definition) is 5. The second-order valence-electron chi connectivity index (χ2n) is 8.48. The molecule has 1 atom stereocenters. The number of ether oxygens (including phenoxy) is 1. The number of thiophene rings is 1. The van der Waals surface area contributed by atoms with Gasteiger partial charge >= 0.3 is 0 Å². The molecular weight excluding hydrogens is 474 g/mol. The van der Waals surface area contributed by atoms with Crippen LogP contribution in [0.4, 0.5) is 0 Å². The Hall–Kier alpha value is -3.46. The van der Waals surface area contributed by atoms with Crippen LogP contribution in [0.15, 0.2) is 81.5 Å². The van der Waals surface area contributed by atoms with E-state index in [4.69, 9.17) is 16.3 Å². The Morgan fingerprint density at radius 2 is 1.91 bits per heavy atom. The van der Waals surface area contributed by atoms with Crippen molar-refractivity contribution in [3.63, 3.8) is 0 Å². The van der Waals surface area contributed by atoms with Crippen LogP contribution in [0.2, 0.25) is 5.02 Å². The van der Waals surface area contributed by atoms with Crippen molar-refractivity contribution in [1.29, 1.82) is 0 Å². The molecule has 1 aliphatic heterocycles. The summed E-state index contributed by atoms with van der Waals surface area (Å²) in [6.45, 7) is 5.00. The second-order valence-corrected chi connectivity index (χ2v) is 9.77. The highest BCUT2D eigenvalue weighted by atomic mass is 35.5. The van der Waals surface area contributed by atoms with Crippen LogP contribution in [-0.4, -0.2) is 12.3 Å². The molecule has 0 saturated heterocycles. The first kappa shape index (κ1) is 23.3. The van der Waals surface area contributed by atoms with Crippen molar-refractivity contribution in [2.75, 3.05) is 6.54 Å². The predicted octanol–water partition coefficient (Wildman–Crippen LogP) is 8.43. The summed E-state index contributed by atoms with van der Waals surface area (Å²) in [5, 5.41) is 15.9. The normalized spacial score (nSPS) is 13.4. The van der Waals surface area contributed by atoms with Crippen LogP contribution in [0.1, 0.15) is 36.0 Å². The molecule has 4 aromatic rings. The molecule has 4 nitrogen and oxygen atoms in total. The fourth-order valence-electron chi connectivity index (χ4n) is 4.29. The third kappa shape index (κ3) is 5.14. The highest BCUT2D eigenvalue weighted by molar-refractivity contribution is 7.18. The topological polar surface area (TPSA) is 46.3 Å². The van der Waals surface area contributed by atoms with Crippen LogP contribution < -0.4 is 4.74 Å². The third-order valence-electron chi connectivity index (χ3n) is 6.07. The van der Waals surface area contributed by atoms with Crippen LogP contribution >= 0.6 is 22.9 Å². The van der Waals surface area contributed by atoms with Crippen molar-refractivity contribution in [2.24, 2.45) is 15.4 Å². The Labute approximate surface area is 214 Å². The Balaban J connectivity index is 1.33. The van der Waals surface area contributed by atoms with Gasteiger partial charge in [-0.05, 0) is 71.0 Å². The number of fused-ring (bicyclic) bond motifs is 1. The molecule has 0 unspecified atom stereocenters. The fourth-order valence-corrected chi connectivity index (χ4v) is 5.62. The molecule has 2 heterocycles. The van der Waals surface area contributed by atoms with Crippen molar-refractivity contribution in [3.05, 3.63) is 87.8 Å². The fraction of sp³-hybridized carbons (Fsp3) is 0.207. The number of halogens is 1. The molecule has 0 aliphatic carbocycles. The minimum absolute atomic E-state index is 0.0657. The predicted molar refractivity (Wildman–Crippen MR) is 146 cm³/mol. The molecule has 1 aromatic heterocycles. The summed E-state index contributed by atoms with van der Waals surface area (Å²) in [6, 6.07) is 20.8. The molecule has 0 bridgehead atoms. The van der Waals surface area contributed by atoms with E-state index in [1.54, 1.807) is 11.3 Å². The van der Waals surface area contributed by atoms with E-state index in [0.29, 0.717) is 13.2 Å². The number of hydrogen-bond donors (Lipinski definition) is 0. The molecule has 1 aliphatic rings. The van der Waals surface area contributed by atoms with Gasteiger partial charge in [-0.25, -0.2) is 0 Å². The molecule has 0 saturated carbocycles. The van der Waals surface area contributed by atoms with Gasteiger partial charge in [-0.1, -0.05) is 53.9 Å². The van der Waals surface area contributed by atoms with Crippen molar-refractivity contribution < 1.29 is 4.74 Å². The van der Waals surface area contributed by atoms with Crippen molar-refractivity contribution in [1.82, 2.24) is 0 Å². The van der Waals surface area contributed by atoms with Crippen LogP contribution in [0.5, 0.6) is 5.75 Å². The summed E-state index contributed by atoms with van der Waals surface area (Å²) in [5.74, 6) is 7.18. The van der Waals surface area contributed by atoms with Gasteiger partial charge < -0.3 is 4.74 Å². The second kappa shape index (κ2) is 10.4. The van der Waals surface area contributed by atoms with Crippen molar-refractivity contribution in [2.45, 2.75) is 32.8 Å². The largest absolute Gasteiger partial charge is 0.489 e. The monoisotopic (exact) mass is 497 g/mol. The summed E-state index contributed by atoms with van der Waals surface area (Å²) in [4.78, 5) is 0. The average Bonchev–Trinajstić information content (AvgIpc) is 3.54. The molecule has 6 heteroatoms. The van der Waals surface area contributed by atoms with Gasteiger partial charge in [0.2, 0.25) is 0 Å². The SMILES string of the molecule is CC#C[C@@H](CC1=NN=NC1)c1ccc(OCc2cc(Cl)c3scc(-c4ccccc4C)c3c2)cc1. The van der Waals surface area contributed by atoms with Crippen LogP contribution in [0.3, 0.4) is 0 Å². The lowest BCUT2D eigenvalue weighted by molar-refractivity contribution is 0.306. The van der Waals surface area contributed by atoms with Gasteiger partial charge in [0.25, 0.3) is 0 Å². The molecular formula is C29H24ClN3OS. The zero-order chi connectivity index (χ0) is 24.2. The van der Waals surface area contributed by atoms with E-state index in [-0.39, 0.29) is 5.92 Å². The van der Waals surface area contributed by atoms with Gasteiger partial charge in [-0.3, -0.25) is 0 Å². The molecule has 174 valence electrons. The molecule has 3 aromatic carbocycles. The quantitative estimate of drug-likeness (QED) is 0.236. The molecule has 0 radical (unpaired) electrons. The van der Waals surface area contributed by atoms with Gasteiger partial charge in [0, 0.05) is 17.4 Å². The minimum Gasteiger partial charge on any atom is -0.489 e. The maximum Gasteiger partial charge on any atom is 0.119 e. The summed E-state index contributed by atoms with van der Waals surface area (Å²) in [5.41, 5.74) is 6.84. The third-order valence-corrected chi connectivity index (χ3v) is 7.51. The first-order valence-corrected chi connectivity index (χ1v) is 12.7. The van der Waals surface area contributed by atoms with Gasteiger partial charge in [-0.2, -0.15) is 5.11 Å². The Bertz CT molecular complexity index is 1490. The number of nitrogens with zero attached hydrogens (tertiary/aromatic N) is 3. The lowest BCUT2D eigenvalue weighted by Gasteiger charge is -2.12. The van der Waals surface area contributed by atoms with E-state index in [1.165, 1.54) is 22.1 Å². The minimum atomic E-state index is 0.0657. The van der Waals surface area contributed by atoms with Crippen LogP contribution in [0, 0.1) is 18.8 Å². The molecule has 0 fully saturated rings. The van der Waals surface area contributed by atoms with Crippen LogP contribution in [-0.2, 0) is 6.61 Å². The van der Waals surface area contributed by atoms with E-state index < -0.39 is 0 Å². The van der Waals surface area contributed by atoms with Crippen molar-refractivity contribution >= 4 is 38.7 Å². The maximum absolute atomic E-state index is 6.66. The smallest absolute Gasteiger partial charge is 0.119 e. The Morgan fingerprint density at radius 1 is 1.09 bits per heavy atom. The lowest BCUT2D eigenvalue weighted by Crippen LogP contribution is -2.07. The van der Waals surface area contributed by atoms with Gasteiger partial charge in [0.1, 0.15) is 18.9 Å². The standard InChI is InChI=1S/C29H24ClN3OS/c1-3-6-22(15-23-16-31-33-32-23)21-9-11-24(12-10-21)34-17-20-13-26-27(18-35-29(26)28(30)14-20)25-8-5-4-7-19(25)2/h4-5,7-14,18,22H,15-17H2,1-2H3/t22-/m0/s1. The zero-order valence-corrected chi connectivity index (χ0v) is 21.2. The molecule has 0 N–H and O–H groups in total. The Morgan fingerprint density at radius 3 is 2.66 bits per heavy atom. The van der Waals surface area contributed by atoms with E-state index in [1.807, 2.05) is 25.1 Å². The molecule has 0 spiro atoms. The first-order chi connectivity index (χ1) is 17.1. The number of benzene rings is 3.